The highest BCUT2D eigenvalue weighted by Crippen LogP contribution is 2.19. The monoisotopic (exact) mass is 301 g/mol. The zero-order valence-electron chi connectivity index (χ0n) is 7.20. The van der Waals surface area contributed by atoms with Crippen LogP contribution in [0, 0.1) is 3.57 Å². The molecule has 0 aliphatic carbocycles. The van der Waals surface area contributed by atoms with Gasteiger partial charge in [-0.1, -0.05) is 12.1 Å². The Morgan fingerprint density at radius 1 is 1.50 bits per heavy atom. The first-order valence-corrected chi connectivity index (χ1v) is 5.15. The number of nitrogens with two attached hydrogens (primary N) is 1. The van der Waals surface area contributed by atoms with Gasteiger partial charge in [-0.05, 0) is 40.3 Å². The molecule has 1 atom stereocenters. The minimum Gasteiger partial charge on any atom is -0.385 e. The maximum Gasteiger partial charge on any atom is 0.343 e. The molecule has 0 saturated heterocycles. The molecule has 1 aliphatic rings. The third kappa shape index (κ3) is 1.72. The molecule has 4 nitrogen and oxygen atoms in total. The van der Waals surface area contributed by atoms with Crippen molar-refractivity contribution < 1.29 is 4.79 Å². The number of aliphatic imine (C=N–C) groups is 1. The highest BCUT2D eigenvalue weighted by molar-refractivity contribution is 14.1. The molecule has 2 amide bonds. The molecule has 1 aromatic carbocycles. The Balaban J connectivity index is 2.33. The van der Waals surface area contributed by atoms with Crippen LogP contribution in [-0.2, 0) is 0 Å². The predicted octanol–water partition coefficient (Wildman–Crippen LogP) is 1.41. The fraction of sp³-hybridized carbons (Fsp3) is 0.111. The standard InChI is InChI=1S/C9H8IN3O/c10-6-3-1-2-5(4-6)7-8(11)13-9(14)12-7/h1-4,7H,(H3,11,12,13,14). The van der Waals surface area contributed by atoms with E-state index in [1.807, 2.05) is 24.3 Å². The van der Waals surface area contributed by atoms with E-state index in [1.165, 1.54) is 0 Å². The van der Waals surface area contributed by atoms with Gasteiger partial charge in [0.25, 0.3) is 0 Å². The fourth-order valence-corrected chi connectivity index (χ4v) is 1.92. The average molecular weight is 301 g/mol. The summed E-state index contributed by atoms with van der Waals surface area (Å²) in [6, 6.07) is 7.16. The summed E-state index contributed by atoms with van der Waals surface area (Å²) < 4.78 is 1.11. The summed E-state index contributed by atoms with van der Waals surface area (Å²) in [5, 5.41) is 2.68. The molecule has 72 valence electrons. The van der Waals surface area contributed by atoms with Crippen LogP contribution < -0.4 is 11.1 Å². The van der Waals surface area contributed by atoms with Gasteiger partial charge in [-0.3, -0.25) is 0 Å². The van der Waals surface area contributed by atoms with Crippen molar-refractivity contribution in [2.24, 2.45) is 10.7 Å². The number of benzene rings is 1. The number of nitrogens with one attached hydrogen (secondary N) is 1. The zero-order valence-corrected chi connectivity index (χ0v) is 9.36. The van der Waals surface area contributed by atoms with Crippen molar-refractivity contribution in [3.8, 4) is 0 Å². The van der Waals surface area contributed by atoms with Crippen LogP contribution in [0.4, 0.5) is 4.79 Å². The molecule has 3 N–H and O–H groups in total. The molecule has 5 heteroatoms. The van der Waals surface area contributed by atoms with E-state index in [4.69, 9.17) is 5.73 Å². The van der Waals surface area contributed by atoms with Gasteiger partial charge in [0.2, 0.25) is 0 Å². The van der Waals surface area contributed by atoms with Gasteiger partial charge < -0.3 is 11.1 Å². The van der Waals surface area contributed by atoms with Gasteiger partial charge in [-0.15, -0.1) is 0 Å². The summed E-state index contributed by atoms with van der Waals surface area (Å²) in [5.74, 6) is 0.331. The van der Waals surface area contributed by atoms with Gasteiger partial charge in [0.1, 0.15) is 11.9 Å². The smallest absolute Gasteiger partial charge is 0.343 e. The SMILES string of the molecule is NC1=NC(=O)NC1c1cccc(I)c1. The summed E-state index contributed by atoms with van der Waals surface area (Å²) in [7, 11) is 0. The number of nitrogens with zero attached hydrogens (tertiary/aromatic N) is 1. The van der Waals surface area contributed by atoms with Crippen LogP contribution in [0.3, 0.4) is 0 Å². The van der Waals surface area contributed by atoms with E-state index in [-0.39, 0.29) is 12.1 Å². The van der Waals surface area contributed by atoms with E-state index >= 15 is 0 Å². The van der Waals surface area contributed by atoms with Crippen molar-refractivity contribution in [2.45, 2.75) is 6.04 Å². The maximum atomic E-state index is 10.9. The van der Waals surface area contributed by atoms with Crippen molar-refractivity contribution in [3.05, 3.63) is 33.4 Å². The number of amidine groups is 1. The molecule has 0 radical (unpaired) electrons. The van der Waals surface area contributed by atoms with Crippen LogP contribution in [-0.4, -0.2) is 11.9 Å². The highest BCUT2D eigenvalue weighted by Gasteiger charge is 2.24. The second-order valence-corrected chi connectivity index (χ2v) is 4.22. The van der Waals surface area contributed by atoms with Crippen LogP contribution in [0.1, 0.15) is 11.6 Å². The van der Waals surface area contributed by atoms with Gasteiger partial charge in [0, 0.05) is 3.57 Å². The van der Waals surface area contributed by atoms with Crippen molar-refractivity contribution in [2.75, 3.05) is 0 Å². The molecular formula is C9H8IN3O. The Morgan fingerprint density at radius 2 is 2.29 bits per heavy atom. The largest absolute Gasteiger partial charge is 0.385 e. The molecule has 14 heavy (non-hydrogen) atoms. The first-order chi connectivity index (χ1) is 6.66. The Labute approximate surface area is 94.7 Å². The lowest BCUT2D eigenvalue weighted by molar-refractivity contribution is 0.250. The normalized spacial score (nSPS) is 20.5. The fourth-order valence-electron chi connectivity index (χ4n) is 1.35. The minimum absolute atomic E-state index is 0.266. The summed E-state index contributed by atoms with van der Waals surface area (Å²) in [4.78, 5) is 14.6. The molecule has 0 bridgehead atoms. The van der Waals surface area contributed by atoms with Gasteiger partial charge in [-0.2, -0.15) is 4.99 Å². The number of rotatable bonds is 1. The number of urea groups is 1. The summed E-state index contributed by atoms with van der Waals surface area (Å²) >= 11 is 2.21. The second kappa shape index (κ2) is 3.56. The van der Waals surface area contributed by atoms with Gasteiger partial charge in [0.05, 0.1) is 0 Å². The van der Waals surface area contributed by atoms with Crippen LogP contribution in [0.15, 0.2) is 29.3 Å². The van der Waals surface area contributed by atoms with Crippen LogP contribution in [0.2, 0.25) is 0 Å². The third-order valence-electron chi connectivity index (χ3n) is 1.98. The number of hydrogen-bond donors (Lipinski definition) is 2. The molecule has 2 rings (SSSR count). The summed E-state index contributed by atoms with van der Waals surface area (Å²) in [5.41, 5.74) is 6.58. The molecule has 1 unspecified atom stereocenters. The van der Waals surface area contributed by atoms with Crippen LogP contribution in [0.25, 0.3) is 0 Å². The van der Waals surface area contributed by atoms with E-state index in [0.717, 1.165) is 9.13 Å². The van der Waals surface area contributed by atoms with Crippen LogP contribution in [0.5, 0.6) is 0 Å². The van der Waals surface area contributed by atoms with E-state index < -0.39 is 0 Å². The average Bonchev–Trinajstić information content (AvgIpc) is 2.45. The van der Waals surface area contributed by atoms with E-state index in [1.54, 1.807) is 0 Å². The Bertz CT molecular complexity index is 416. The maximum absolute atomic E-state index is 10.9. The quantitative estimate of drug-likeness (QED) is 0.770. The molecular weight excluding hydrogens is 293 g/mol. The van der Waals surface area contributed by atoms with Crippen molar-refractivity contribution in [3.63, 3.8) is 0 Å². The van der Waals surface area contributed by atoms with E-state index in [0.29, 0.717) is 5.84 Å². The lowest BCUT2D eigenvalue weighted by Gasteiger charge is -2.10. The number of halogens is 1. The van der Waals surface area contributed by atoms with Crippen molar-refractivity contribution in [1.29, 1.82) is 0 Å². The lowest BCUT2D eigenvalue weighted by atomic mass is 10.1. The minimum atomic E-state index is -0.369. The highest BCUT2D eigenvalue weighted by atomic mass is 127. The second-order valence-electron chi connectivity index (χ2n) is 2.97. The molecule has 0 aromatic heterocycles. The van der Waals surface area contributed by atoms with Gasteiger partial charge >= 0.3 is 6.03 Å². The van der Waals surface area contributed by atoms with E-state index in [2.05, 4.69) is 32.9 Å². The molecule has 1 heterocycles. The first kappa shape index (κ1) is 9.45. The first-order valence-electron chi connectivity index (χ1n) is 4.07. The molecule has 1 aliphatic heterocycles. The molecule has 0 saturated carbocycles. The zero-order chi connectivity index (χ0) is 10.1. The topological polar surface area (TPSA) is 67.5 Å². The predicted molar refractivity (Wildman–Crippen MR) is 62.1 cm³/mol. The molecule has 0 spiro atoms. The molecule has 0 fully saturated rings. The van der Waals surface area contributed by atoms with Crippen LogP contribution >= 0.6 is 22.6 Å². The number of carbonyl (C=O) groups is 1. The lowest BCUT2D eigenvalue weighted by Crippen LogP contribution is -2.27. The van der Waals surface area contributed by atoms with Gasteiger partial charge in [-0.25, -0.2) is 4.79 Å². The third-order valence-corrected chi connectivity index (χ3v) is 2.65. The number of hydrogen-bond acceptors (Lipinski definition) is 2. The van der Waals surface area contributed by atoms with Crippen molar-refractivity contribution in [1.82, 2.24) is 5.32 Å². The van der Waals surface area contributed by atoms with Gasteiger partial charge in [0.15, 0.2) is 0 Å². The number of carbonyl (C=O) groups excluding carboxylic acids is 1. The Hall–Kier alpha value is -1.11. The Kier molecular flexibility index (Phi) is 2.40. The Morgan fingerprint density at radius 3 is 2.86 bits per heavy atom. The van der Waals surface area contributed by atoms with Crippen molar-refractivity contribution >= 4 is 34.5 Å². The van der Waals surface area contributed by atoms with E-state index in [9.17, 15) is 4.79 Å². The summed E-state index contributed by atoms with van der Waals surface area (Å²) in [6.45, 7) is 0. The molecule has 1 aromatic rings. The number of amides is 2. The summed E-state index contributed by atoms with van der Waals surface area (Å²) in [6.07, 6.45) is 0.